The summed E-state index contributed by atoms with van der Waals surface area (Å²) in [5.41, 5.74) is 0.769. The first kappa shape index (κ1) is 15.8. The van der Waals surface area contributed by atoms with Crippen molar-refractivity contribution in [3.63, 3.8) is 0 Å². The predicted molar refractivity (Wildman–Crippen MR) is 81.2 cm³/mol. The van der Waals surface area contributed by atoms with Crippen LogP contribution in [0.5, 0.6) is 0 Å². The SMILES string of the molecule is O=C(O)C[C@H](NC(=O)C1CCCCC1)c1ccc(Cl)cc1. The van der Waals surface area contributed by atoms with Gasteiger partial charge in [0.05, 0.1) is 12.5 Å². The van der Waals surface area contributed by atoms with Crippen molar-refractivity contribution in [2.24, 2.45) is 5.92 Å². The molecule has 0 aromatic heterocycles. The summed E-state index contributed by atoms with van der Waals surface area (Å²) in [5.74, 6) is -0.947. The van der Waals surface area contributed by atoms with Crippen molar-refractivity contribution >= 4 is 23.5 Å². The van der Waals surface area contributed by atoms with E-state index in [1.807, 2.05) is 0 Å². The molecular formula is C16H20ClNO3. The minimum absolute atomic E-state index is 0.0161. The zero-order valence-corrected chi connectivity index (χ0v) is 12.6. The van der Waals surface area contributed by atoms with Gasteiger partial charge in [0.1, 0.15) is 0 Å². The van der Waals surface area contributed by atoms with Crippen LogP contribution in [-0.4, -0.2) is 17.0 Å². The summed E-state index contributed by atoms with van der Waals surface area (Å²) in [4.78, 5) is 23.3. The maximum atomic E-state index is 12.3. The Morgan fingerprint density at radius 3 is 2.38 bits per heavy atom. The van der Waals surface area contributed by atoms with Crippen LogP contribution >= 0.6 is 11.6 Å². The molecule has 0 spiro atoms. The molecule has 0 bridgehead atoms. The van der Waals surface area contributed by atoms with E-state index >= 15 is 0 Å². The molecule has 1 amide bonds. The number of hydrogen-bond acceptors (Lipinski definition) is 2. The third kappa shape index (κ3) is 4.74. The highest BCUT2D eigenvalue weighted by Crippen LogP contribution is 2.26. The lowest BCUT2D eigenvalue weighted by molar-refractivity contribution is -0.138. The Bertz CT molecular complexity index is 495. The fraction of sp³-hybridized carbons (Fsp3) is 0.500. The van der Waals surface area contributed by atoms with Gasteiger partial charge in [0.15, 0.2) is 0 Å². The van der Waals surface area contributed by atoms with E-state index in [2.05, 4.69) is 5.32 Å². The minimum Gasteiger partial charge on any atom is -0.481 e. The second-order valence-corrected chi connectivity index (χ2v) is 5.98. The number of amides is 1. The molecule has 1 aliphatic rings. The van der Waals surface area contributed by atoms with Gasteiger partial charge in [0.2, 0.25) is 5.91 Å². The summed E-state index contributed by atoms with van der Waals surface area (Å²) in [5, 5.41) is 12.5. The van der Waals surface area contributed by atoms with Crippen molar-refractivity contribution in [2.75, 3.05) is 0 Å². The molecule has 1 atom stereocenters. The lowest BCUT2D eigenvalue weighted by atomic mass is 9.88. The number of hydrogen-bond donors (Lipinski definition) is 2. The van der Waals surface area contributed by atoms with Gasteiger partial charge < -0.3 is 10.4 Å². The van der Waals surface area contributed by atoms with Gasteiger partial charge in [-0.05, 0) is 30.5 Å². The molecule has 1 aromatic carbocycles. The first-order valence-electron chi connectivity index (χ1n) is 7.34. The second-order valence-electron chi connectivity index (χ2n) is 5.55. The van der Waals surface area contributed by atoms with Crippen LogP contribution in [0.1, 0.15) is 50.1 Å². The van der Waals surface area contributed by atoms with Crippen LogP contribution < -0.4 is 5.32 Å². The zero-order chi connectivity index (χ0) is 15.2. The van der Waals surface area contributed by atoms with Crippen molar-refractivity contribution in [2.45, 2.75) is 44.6 Å². The van der Waals surface area contributed by atoms with Crippen molar-refractivity contribution in [1.82, 2.24) is 5.32 Å². The van der Waals surface area contributed by atoms with Crippen molar-refractivity contribution in [3.05, 3.63) is 34.9 Å². The summed E-state index contributed by atoms with van der Waals surface area (Å²) in [6.45, 7) is 0. The second kappa shape index (κ2) is 7.46. The quantitative estimate of drug-likeness (QED) is 0.874. The molecule has 1 aliphatic carbocycles. The summed E-state index contributed by atoms with van der Waals surface area (Å²) in [6.07, 6.45) is 4.99. The Labute approximate surface area is 129 Å². The van der Waals surface area contributed by atoms with Gasteiger partial charge in [-0.1, -0.05) is 43.0 Å². The largest absolute Gasteiger partial charge is 0.481 e. The normalized spacial score (nSPS) is 17.2. The summed E-state index contributed by atoms with van der Waals surface area (Å²) < 4.78 is 0. The van der Waals surface area contributed by atoms with E-state index in [0.717, 1.165) is 31.2 Å². The molecule has 0 heterocycles. The number of carbonyl (C=O) groups excluding carboxylic acids is 1. The molecule has 0 radical (unpaired) electrons. The highest BCUT2D eigenvalue weighted by atomic mass is 35.5. The monoisotopic (exact) mass is 309 g/mol. The Morgan fingerprint density at radius 1 is 1.19 bits per heavy atom. The molecule has 5 heteroatoms. The van der Waals surface area contributed by atoms with Crippen LogP contribution in [0, 0.1) is 5.92 Å². The minimum atomic E-state index is -0.932. The molecular weight excluding hydrogens is 290 g/mol. The van der Waals surface area contributed by atoms with E-state index in [4.69, 9.17) is 16.7 Å². The van der Waals surface area contributed by atoms with E-state index in [1.165, 1.54) is 6.42 Å². The number of carbonyl (C=O) groups is 2. The first-order valence-corrected chi connectivity index (χ1v) is 7.71. The Kier molecular flexibility index (Phi) is 5.62. The maximum absolute atomic E-state index is 12.3. The predicted octanol–water partition coefficient (Wildman–Crippen LogP) is 3.55. The molecule has 21 heavy (non-hydrogen) atoms. The van der Waals surface area contributed by atoms with Crippen LogP contribution in [0.4, 0.5) is 0 Å². The fourth-order valence-corrected chi connectivity index (χ4v) is 2.90. The van der Waals surface area contributed by atoms with E-state index < -0.39 is 12.0 Å². The van der Waals surface area contributed by atoms with E-state index in [1.54, 1.807) is 24.3 Å². The number of aliphatic carboxylic acids is 1. The first-order chi connectivity index (χ1) is 10.1. The van der Waals surface area contributed by atoms with Crippen molar-refractivity contribution < 1.29 is 14.7 Å². The number of rotatable bonds is 5. The molecule has 1 saturated carbocycles. The van der Waals surface area contributed by atoms with Crippen LogP contribution in [-0.2, 0) is 9.59 Å². The van der Waals surface area contributed by atoms with Gasteiger partial charge in [-0.3, -0.25) is 9.59 Å². The number of benzene rings is 1. The van der Waals surface area contributed by atoms with Crippen LogP contribution in [0.15, 0.2) is 24.3 Å². The number of carboxylic acid groups (broad SMARTS) is 1. The number of carboxylic acids is 1. The zero-order valence-electron chi connectivity index (χ0n) is 11.8. The van der Waals surface area contributed by atoms with Crippen molar-refractivity contribution in [3.8, 4) is 0 Å². The summed E-state index contributed by atoms with van der Waals surface area (Å²) >= 11 is 5.85. The summed E-state index contributed by atoms with van der Waals surface area (Å²) in [7, 11) is 0. The van der Waals surface area contributed by atoms with Crippen LogP contribution in [0.25, 0.3) is 0 Å². The molecule has 1 aromatic rings. The van der Waals surface area contributed by atoms with Crippen LogP contribution in [0.2, 0.25) is 5.02 Å². The molecule has 2 rings (SSSR count). The van der Waals surface area contributed by atoms with Crippen molar-refractivity contribution in [1.29, 1.82) is 0 Å². The third-order valence-electron chi connectivity index (χ3n) is 3.94. The highest BCUT2D eigenvalue weighted by Gasteiger charge is 2.25. The maximum Gasteiger partial charge on any atom is 0.305 e. The van der Waals surface area contributed by atoms with Gasteiger partial charge in [0.25, 0.3) is 0 Å². The topological polar surface area (TPSA) is 66.4 Å². The lowest BCUT2D eigenvalue weighted by Gasteiger charge is -2.24. The van der Waals surface area contributed by atoms with E-state index in [0.29, 0.717) is 5.02 Å². The van der Waals surface area contributed by atoms with Gasteiger partial charge in [-0.25, -0.2) is 0 Å². The number of halogens is 1. The fourth-order valence-electron chi connectivity index (χ4n) is 2.78. The average Bonchev–Trinajstić information content (AvgIpc) is 2.48. The standard InChI is InChI=1S/C16H20ClNO3/c17-13-8-6-11(7-9-13)14(10-15(19)20)18-16(21)12-4-2-1-3-5-12/h6-9,12,14H,1-5,10H2,(H,18,21)(H,19,20)/t14-/m0/s1. The molecule has 0 unspecified atom stereocenters. The molecule has 2 N–H and O–H groups in total. The van der Waals surface area contributed by atoms with Crippen LogP contribution in [0.3, 0.4) is 0 Å². The highest BCUT2D eigenvalue weighted by molar-refractivity contribution is 6.30. The number of nitrogens with one attached hydrogen (secondary N) is 1. The Balaban J connectivity index is 2.06. The average molecular weight is 310 g/mol. The molecule has 0 aliphatic heterocycles. The Hall–Kier alpha value is -1.55. The summed E-state index contributed by atoms with van der Waals surface area (Å²) in [6, 6.07) is 6.43. The van der Waals surface area contributed by atoms with Gasteiger partial charge in [-0.15, -0.1) is 0 Å². The van der Waals surface area contributed by atoms with Gasteiger partial charge in [0, 0.05) is 10.9 Å². The van der Waals surface area contributed by atoms with E-state index in [-0.39, 0.29) is 18.2 Å². The third-order valence-corrected chi connectivity index (χ3v) is 4.20. The molecule has 114 valence electrons. The Morgan fingerprint density at radius 2 is 1.81 bits per heavy atom. The molecule has 0 saturated heterocycles. The molecule has 1 fully saturated rings. The molecule has 4 nitrogen and oxygen atoms in total. The van der Waals surface area contributed by atoms with Gasteiger partial charge in [-0.2, -0.15) is 0 Å². The smallest absolute Gasteiger partial charge is 0.305 e. The van der Waals surface area contributed by atoms with E-state index in [9.17, 15) is 9.59 Å². The lowest BCUT2D eigenvalue weighted by Crippen LogP contribution is -2.35. The van der Waals surface area contributed by atoms with Gasteiger partial charge >= 0.3 is 5.97 Å².